The van der Waals surface area contributed by atoms with Gasteiger partial charge in [-0.25, -0.2) is 0 Å². The lowest BCUT2D eigenvalue weighted by atomic mass is 10.2. The zero-order valence-corrected chi connectivity index (χ0v) is 14.2. The van der Waals surface area contributed by atoms with Gasteiger partial charge in [0, 0.05) is 29.2 Å². The summed E-state index contributed by atoms with van der Waals surface area (Å²) in [5.74, 6) is 0.700. The summed E-state index contributed by atoms with van der Waals surface area (Å²) < 4.78 is 6.86. The zero-order valence-electron chi connectivity index (χ0n) is 12.6. The number of halogens is 1. The molecule has 0 heterocycles. The van der Waals surface area contributed by atoms with E-state index in [1.807, 2.05) is 25.1 Å². The second kappa shape index (κ2) is 7.80. The molecule has 0 aliphatic heterocycles. The van der Waals surface area contributed by atoms with Crippen LogP contribution >= 0.6 is 15.9 Å². The highest BCUT2D eigenvalue weighted by molar-refractivity contribution is 9.10. The minimum atomic E-state index is -0.489. The molecule has 2 N–H and O–H groups in total. The average molecular weight is 355 g/mol. The van der Waals surface area contributed by atoms with Gasteiger partial charge in [-0.2, -0.15) is 0 Å². The van der Waals surface area contributed by atoms with Crippen LogP contribution in [0.15, 0.2) is 22.7 Å². The first-order valence-electron chi connectivity index (χ1n) is 7.56. The molecule has 116 valence electrons. The molecule has 1 atom stereocenters. The molecule has 1 aromatic carbocycles. The number of amides is 1. The standard InChI is InChI=1S/C16H23BrN2O2/c1-3-8-18-16(20)11(2)21-15-7-4-13(17)9-12(15)10-19-14-5-6-14/h4,7,9,11,14,19H,3,5-6,8,10H2,1-2H3,(H,18,20). The molecule has 1 aliphatic carbocycles. The van der Waals surface area contributed by atoms with Gasteiger partial charge in [-0.1, -0.05) is 22.9 Å². The summed E-state index contributed by atoms with van der Waals surface area (Å²) >= 11 is 3.49. The Morgan fingerprint density at radius 3 is 2.90 bits per heavy atom. The van der Waals surface area contributed by atoms with Crippen molar-refractivity contribution < 1.29 is 9.53 Å². The molecule has 2 rings (SSSR count). The smallest absolute Gasteiger partial charge is 0.260 e. The fourth-order valence-electron chi connectivity index (χ4n) is 1.98. The highest BCUT2D eigenvalue weighted by atomic mass is 79.9. The van der Waals surface area contributed by atoms with Crippen molar-refractivity contribution in [3.05, 3.63) is 28.2 Å². The van der Waals surface area contributed by atoms with E-state index in [1.54, 1.807) is 6.92 Å². The third kappa shape index (κ3) is 5.32. The van der Waals surface area contributed by atoms with Crippen molar-refractivity contribution in [1.82, 2.24) is 10.6 Å². The lowest BCUT2D eigenvalue weighted by molar-refractivity contribution is -0.127. The van der Waals surface area contributed by atoms with E-state index in [0.717, 1.165) is 28.8 Å². The van der Waals surface area contributed by atoms with Crippen molar-refractivity contribution in [1.29, 1.82) is 0 Å². The van der Waals surface area contributed by atoms with Gasteiger partial charge in [0.15, 0.2) is 6.10 Å². The van der Waals surface area contributed by atoms with Crippen LogP contribution in [0.5, 0.6) is 5.75 Å². The maximum Gasteiger partial charge on any atom is 0.260 e. The van der Waals surface area contributed by atoms with E-state index in [9.17, 15) is 4.79 Å². The summed E-state index contributed by atoms with van der Waals surface area (Å²) in [6.45, 7) is 5.26. The Bertz CT molecular complexity index is 489. The summed E-state index contributed by atoms with van der Waals surface area (Å²) in [6, 6.07) is 6.54. The zero-order chi connectivity index (χ0) is 15.2. The molecular weight excluding hydrogens is 332 g/mol. The molecule has 1 aliphatic rings. The van der Waals surface area contributed by atoms with Crippen LogP contribution in [0.3, 0.4) is 0 Å². The number of benzene rings is 1. The van der Waals surface area contributed by atoms with E-state index in [0.29, 0.717) is 12.6 Å². The highest BCUT2D eigenvalue weighted by Crippen LogP contribution is 2.26. The second-order valence-electron chi connectivity index (χ2n) is 5.46. The van der Waals surface area contributed by atoms with E-state index in [4.69, 9.17) is 4.74 Å². The van der Waals surface area contributed by atoms with Crippen molar-refractivity contribution in [3.8, 4) is 5.75 Å². The van der Waals surface area contributed by atoms with Crippen molar-refractivity contribution in [2.24, 2.45) is 0 Å². The van der Waals surface area contributed by atoms with Crippen LogP contribution in [-0.4, -0.2) is 24.6 Å². The van der Waals surface area contributed by atoms with Gasteiger partial charge in [-0.05, 0) is 44.4 Å². The van der Waals surface area contributed by atoms with Crippen molar-refractivity contribution in [2.45, 2.75) is 51.8 Å². The van der Waals surface area contributed by atoms with Gasteiger partial charge in [-0.3, -0.25) is 4.79 Å². The Balaban J connectivity index is 1.98. The molecule has 5 heteroatoms. The largest absolute Gasteiger partial charge is 0.481 e. The molecule has 1 aromatic rings. The number of carbonyl (C=O) groups excluding carboxylic acids is 1. The van der Waals surface area contributed by atoms with E-state index in [2.05, 4.69) is 26.6 Å². The Morgan fingerprint density at radius 2 is 2.24 bits per heavy atom. The molecular formula is C16H23BrN2O2. The second-order valence-corrected chi connectivity index (χ2v) is 6.37. The van der Waals surface area contributed by atoms with Crippen LogP contribution in [0.4, 0.5) is 0 Å². The summed E-state index contributed by atoms with van der Waals surface area (Å²) in [6.07, 6.45) is 2.94. The molecule has 0 bridgehead atoms. The number of ether oxygens (including phenoxy) is 1. The molecule has 0 saturated heterocycles. The molecule has 1 fully saturated rings. The number of nitrogens with one attached hydrogen (secondary N) is 2. The van der Waals surface area contributed by atoms with Gasteiger partial charge in [0.2, 0.25) is 0 Å². The van der Waals surface area contributed by atoms with E-state index >= 15 is 0 Å². The maximum absolute atomic E-state index is 11.9. The third-order valence-electron chi connectivity index (χ3n) is 3.40. The van der Waals surface area contributed by atoms with E-state index in [1.165, 1.54) is 12.8 Å². The predicted molar refractivity (Wildman–Crippen MR) is 87.4 cm³/mol. The van der Waals surface area contributed by atoms with Gasteiger partial charge in [0.1, 0.15) is 5.75 Å². The summed E-state index contributed by atoms with van der Waals surface area (Å²) in [5.41, 5.74) is 1.08. The number of carbonyl (C=O) groups is 1. The molecule has 1 unspecified atom stereocenters. The van der Waals surface area contributed by atoms with Crippen LogP contribution in [0.25, 0.3) is 0 Å². The van der Waals surface area contributed by atoms with Crippen LogP contribution < -0.4 is 15.4 Å². The Labute approximate surface area is 134 Å². The van der Waals surface area contributed by atoms with Crippen molar-refractivity contribution >= 4 is 21.8 Å². The van der Waals surface area contributed by atoms with Gasteiger partial charge < -0.3 is 15.4 Å². The van der Waals surface area contributed by atoms with Crippen molar-refractivity contribution in [3.63, 3.8) is 0 Å². The van der Waals surface area contributed by atoms with Crippen molar-refractivity contribution in [2.75, 3.05) is 6.54 Å². The first kappa shape index (κ1) is 16.3. The van der Waals surface area contributed by atoms with Crippen LogP contribution in [0, 0.1) is 0 Å². The number of rotatable bonds is 8. The number of hydrogen-bond acceptors (Lipinski definition) is 3. The molecule has 1 saturated carbocycles. The summed E-state index contributed by atoms with van der Waals surface area (Å²) in [5, 5.41) is 6.33. The minimum Gasteiger partial charge on any atom is -0.481 e. The first-order valence-corrected chi connectivity index (χ1v) is 8.35. The predicted octanol–water partition coefficient (Wildman–Crippen LogP) is 2.99. The Kier molecular flexibility index (Phi) is 6.06. The Hall–Kier alpha value is -1.07. The summed E-state index contributed by atoms with van der Waals surface area (Å²) in [4.78, 5) is 11.9. The normalized spacial score (nSPS) is 15.6. The van der Waals surface area contributed by atoms with Crippen LogP contribution in [-0.2, 0) is 11.3 Å². The third-order valence-corrected chi connectivity index (χ3v) is 3.90. The molecule has 0 radical (unpaired) electrons. The van der Waals surface area contributed by atoms with Gasteiger partial charge in [0.25, 0.3) is 5.91 Å². The molecule has 21 heavy (non-hydrogen) atoms. The molecule has 4 nitrogen and oxygen atoms in total. The quantitative estimate of drug-likeness (QED) is 0.754. The maximum atomic E-state index is 11.9. The van der Waals surface area contributed by atoms with Gasteiger partial charge in [-0.15, -0.1) is 0 Å². The fourth-order valence-corrected chi connectivity index (χ4v) is 2.39. The van der Waals surface area contributed by atoms with Gasteiger partial charge >= 0.3 is 0 Å². The van der Waals surface area contributed by atoms with Gasteiger partial charge in [0.05, 0.1) is 0 Å². The molecule has 0 aromatic heterocycles. The SMILES string of the molecule is CCCNC(=O)C(C)Oc1ccc(Br)cc1CNC1CC1. The fraction of sp³-hybridized carbons (Fsp3) is 0.562. The minimum absolute atomic E-state index is 0.0686. The monoisotopic (exact) mass is 354 g/mol. The van der Waals surface area contributed by atoms with E-state index < -0.39 is 6.10 Å². The first-order chi connectivity index (χ1) is 10.1. The Morgan fingerprint density at radius 1 is 1.48 bits per heavy atom. The lowest BCUT2D eigenvalue weighted by Gasteiger charge is -2.17. The average Bonchev–Trinajstić information content (AvgIpc) is 3.29. The molecule has 0 spiro atoms. The molecule has 1 amide bonds. The van der Waals surface area contributed by atoms with E-state index in [-0.39, 0.29) is 5.91 Å². The van der Waals surface area contributed by atoms with Crippen LogP contribution in [0.1, 0.15) is 38.7 Å². The topological polar surface area (TPSA) is 50.4 Å². The van der Waals surface area contributed by atoms with Crippen LogP contribution in [0.2, 0.25) is 0 Å². The number of hydrogen-bond donors (Lipinski definition) is 2. The lowest BCUT2D eigenvalue weighted by Crippen LogP contribution is -2.36. The summed E-state index contributed by atoms with van der Waals surface area (Å²) in [7, 11) is 0. The highest BCUT2D eigenvalue weighted by Gasteiger charge is 2.21.